The minimum atomic E-state index is -0.666. The van der Waals surface area contributed by atoms with Gasteiger partial charge in [-0.15, -0.1) is 0 Å². The second kappa shape index (κ2) is 3.57. The predicted molar refractivity (Wildman–Crippen MR) is 51.7 cm³/mol. The van der Waals surface area contributed by atoms with Gasteiger partial charge in [-0.1, -0.05) is 18.2 Å². The minimum Gasteiger partial charge on any atom is -0.468 e. The van der Waals surface area contributed by atoms with Crippen LogP contribution in [-0.4, -0.2) is 22.6 Å². The van der Waals surface area contributed by atoms with E-state index in [9.17, 15) is 4.79 Å². The first-order valence-electron chi connectivity index (χ1n) is 4.47. The molecule has 2 atom stereocenters. The number of carbonyl (C=O) groups is 1. The lowest BCUT2D eigenvalue weighted by Crippen LogP contribution is -2.23. The molecule has 0 aromatic carbocycles. The number of carbonyl (C=O) groups excluding carboxylic acids is 1. The molecule has 0 aromatic heterocycles. The van der Waals surface area contributed by atoms with Crippen LogP contribution in [-0.2, 0) is 4.74 Å². The molecule has 0 aromatic rings. The Bertz CT molecular complexity index is 239. The maximum Gasteiger partial charge on any atom is 0.342 e. The van der Waals surface area contributed by atoms with Crippen molar-refractivity contribution in [2.75, 3.05) is 0 Å². The van der Waals surface area contributed by atoms with Crippen molar-refractivity contribution in [1.29, 1.82) is 0 Å². The number of urea groups is 1. The molecule has 1 saturated carbocycles. The van der Waals surface area contributed by atoms with Crippen LogP contribution in [0.3, 0.4) is 0 Å². The first-order valence-corrected chi connectivity index (χ1v) is 5.35. The topological polar surface area (TPSA) is 64.7 Å². The molecule has 2 aliphatic rings. The Morgan fingerprint density at radius 2 is 2.31 bits per heavy atom. The summed E-state index contributed by atoms with van der Waals surface area (Å²) in [6.07, 6.45) is 4.96. The zero-order valence-corrected chi connectivity index (χ0v) is 8.05. The Labute approximate surface area is 80.9 Å². The summed E-state index contributed by atoms with van der Waals surface area (Å²) in [5, 5.41) is 0.955. The molecule has 0 bridgehead atoms. The van der Waals surface area contributed by atoms with E-state index in [-0.39, 0.29) is 6.10 Å². The maximum atomic E-state index is 10.5. The van der Waals surface area contributed by atoms with E-state index in [1.54, 1.807) is 11.8 Å². The van der Waals surface area contributed by atoms with Crippen LogP contribution >= 0.6 is 11.8 Å². The number of hydrogen-bond acceptors (Lipinski definition) is 3. The van der Waals surface area contributed by atoms with E-state index in [4.69, 9.17) is 10.5 Å². The minimum absolute atomic E-state index is 0.261. The van der Waals surface area contributed by atoms with Gasteiger partial charge in [-0.05, 0) is 19.3 Å². The predicted octanol–water partition coefficient (Wildman–Crippen LogP) is 1.50. The molecule has 2 unspecified atom stereocenters. The normalized spacial score (nSPS) is 35.5. The number of rotatable bonds is 0. The molecule has 2 amide bonds. The molecule has 2 N–H and O–H groups in total. The lowest BCUT2D eigenvalue weighted by atomic mass is 9.97. The van der Waals surface area contributed by atoms with Gasteiger partial charge in [0.05, 0.1) is 5.25 Å². The summed E-state index contributed by atoms with van der Waals surface area (Å²) in [5.74, 6) is 0. The third-order valence-corrected chi connectivity index (χ3v) is 3.58. The molecule has 2 rings (SSSR count). The molecule has 4 nitrogen and oxygen atoms in total. The molecule has 1 aliphatic carbocycles. The van der Waals surface area contributed by atoms with Gasteiger partial charge in [-0.3, -0.25) is 0 Å². The zero-order chi connectivity index (χ0) is 9.26. The highest BCUT2D eigenvalue weighted by Gasteiger charge is 2.36. The molecule has 13 heavy (non-hydrogen) atoms. The highest BCUT2D eigenvalue weighted by atomic mass is 32.2. The zero-order valence-electron chi connectivity index (χ0n) is 7.23. The average molecular weight is 200 g/mol. The standard InChI is InChI=1S/C8H12N2O2S/c9-7(11)10-8-12-5-3-1-2-4-6(5)13-8/h5-6H,1-4H2,(H2,9,11)/b10-8-. The fraction of sp³-hybridized carbons (Fsp3) is 0.750. The van der Waals surface area contributed by atoms with Crippen molar-refractivity contribution in [2.24, 2.45) is 10.7 Å². The number of hydrogen-bond donors (Lipinski definition) is 1. The number of aliphatic imine (C=N–C) groups is 1. The summed E-state index contributed by atoms with van der Waals surface area (Å²) in [5.41, 5.74) is 4.94. The molecule has 0 radical (unpaired) electrons. The van der Waals surface area contributed by atoms with E-state index in [2.05, 4.69) is 4.99 Å². The molecule has 72 valence electrons. The van der Waals surface area contributed by atoms with Gasteiger partial charge >= 0.3 is 6.03 Å². The van der Waals surface area contributed by atoms with Gasteiger partial charge < -0.3 is 10.5 Å². The van der Waals surface area contributed by atoms with Crippen LogP contribution in [0.2, 0.25) is 0 Å². The van der Waals surface area contributed by atoms with Crippen LogP contribution in [0.25, 0.3) is 0 Å². The van der Waals surface area contributed by atoms with Crippen molar-refractivity contribution in [2.45, 2.75) is 37.0 Å². The average Bonchev–Trinajstić information content (AvgIpc) is 2.44. The second-order valence-corrected chi connectivity index (χ2v) is 4.50. The number of ether oxygens (including phenoxy) is 1. The lowest BCUT2D eigenvalue weighted by molar-refractivity contribution is 0.167. The Morgan fingerprint density at radius 1 is 1.54 bits per heavy atom. The number of amides is 2. The number of nitrogens with zero attached hydrogens (tertiary/aromatic N) is 1. The third-order valence-electron chi connectivity index (χ3n) is 2.35. The van der Waals surface area contributed by atoms with Crippen molar-refractivity contribution < 1.29 is 9.53 Å². The van der Waals surface area contributed by atoms with Crippen molar-refractivity contribution in [3.63, 3.8) is 0 Å². The highest BCUT2D eigenvalue weighted by Crippen LogP contribution is 2.38. The van der Waals surface area contributed by atoms with Gasteiger partial charge in [0.2, 0.25) is 0 Å². The van der Waals surface area contributed by atoms with Gasteiger partial charge in [-0.2, -0.15) is 4.99 Å². The van der Waals surface area contributed by atoms with Gasteiger partial charge in [-0.25, -0.2) is 4.79 Å². The summed E-state index contributed by atoms with van der Waals surface area (Å²) in [6, 6.07) is -0.666. The molecule has 5 heteroatoms. The quantitative estimate of drug-likeness (QED) is 0.644. The van der Waals surface area contributed by atoms with Gasteiger partial charge in [0, 0.05) is 0 Å². The molecule has 1 heterocycles. The van der Waals surface area contributed by atoms with Crippen molar-refractivity contribution in [3.05, 3.63) is 0 Å². The molecule has 1 aliphatic heterocycles. The molecule has 2 fully saturated rings. The molecule has 1 saturated heterocycles. The summed E-state index contributed by atoms with van der Waals surface area (Å²) in [6.45, 7) is 0. The van der Waals surface area contributed by atoms with Gasteiger partial charge in [0.15, 0.2) is 0 Å². The van der Waals surface area contributed by atoms with Crippen LogP contribution < -0.4 is 5.73 Å². The molecular formula is C8H12N2O2S. The second-order valence-electron chi connectivity index (χ2n) is 3.31. The van der Waals surface area contributed by atoms with Gasteiger partial charge in [0.25, 0.3) is 5.23 Å². The van der Waals surface area contributed by atoms with Crippen LogP contribution in [0.4, 0.5) is 4.79 Å². The number of thioether (sulfide) groups is 1. The Morgan fingerprint density at radius 3 is 3.00 bits per heavy atom. The van der Waals surface area contributed by atoms with Crippen LogP contribution in [0.5, 0.6) is 0 Å². The first kappa shape index (κ1) is 8.87. The number of nitrogens with two attached hydrogens (primary N) is 1. The smallest absolute Gasteiger partial charge is 0.342 e. The molecule has 0 spiro atoms. The summed E-state index contributed by atoms with van der Waals surface area (Å²) in [7, 11) is 0. The van der Waals surface area contributed by atoms with E-state index in [0.29, 0.717) is 10.5 Å². The number of primary amides is 1. The first-order chi connectivity index (χ1) is 6.25. The SMILES string of the molecule is NC(=O)/N=C1/OC2CCCCC2S1. The van der Waals surface area contributed by atoms with E-state index in [0.717, 1.165) is 12.8 Å². The van der Waals surface area contributed by atoms with E-state index < -0.39 is 6.03 Å². The molecular weight excluding hydrogens is 188 g/mol. The monoisotopic (exact) mass is 200 g/mol. The highest BCUT2D eigenvalue weighted by molar-refractivity contribution is 8.14. The summed E-state index contributed by atoms with van der Waals surface area (Å²) in [4.78, 5) is 14.1. The fourth-order valence-corrected chi connectivity index (χ4v) is 2.97. The maximum absolute atomic E-state index is 10.5. The lowest BCUT2D eigenvalue weighted by Gasteiger charge is -2.21. The van der Waals surface area contributed by atoms with E-state index >= 15 is 0 Å². The van der Waals surface area contributed by atoms with Crippen LogP contribution in [0.1, 0.15) is 25.7 Å². The van der Waals surface area contributed by atoms with E-state index in [1.165, 1.54) is 12.8 Å². The van der Waals surface area contributed by atoms with Crippen LogP contribution in [0, 0.1) is 0 Å². The summed E-state index contributed by atoms with van der Waals surface area (Å²) < 4.78 is 5.49. The third kappa shape index (κ3) is 1.96. The Hall–Kier alpha value is -0.710. The Kier molecular flexibility index (Phi) is 2.44. The Balaban J connectivity index is 2.02. The van der Waals surface area contributed by atoms with Crippen molar-refractivity contribution in [3.8, 4) is 0 Å². The van der Waals surface area contributed by atoms with Crippen molar-refractivity contribution >= 4 is 23.0 Å². The van der Waals surface area contributed by atoms with Crippen LogP contribution in [0.15, 0.2) is 4.99 Å². The van der Waals surface area contributed by atoms with Crippen molar-refractivity contribution in [1.82, 2.24) is 0 Å². The fourth-order valence-electron chi connectivity index (χ4n) is 1.76. The summed E-state index contributed by atoms with van der Waals surface area (Å²) >= 11 is 1.55. The largest absolute Gasteiger partial charge is 0.468 e. The van der Waals surface area contributed by atoms with Gasteiger partial charge in [0.1, 0.15) is 6.10 Å². The number of fused-ring (bicyclic) bond motifs is 1. The van der Waals surface area contributed by atoms with E-state index in [1.807, 2.05) is 0 Å².